The van der Waals surface area contributed by atoms with Crippen LogP contribution in [0.4, 0.5) is 0 Å². The lowest BCUT2D eigenvalue weighted by Crippen LogP contribution is -2.36. The fourth-order valence-corrected chi connectivity index (χ4v) is 2.02. The van der Waals surface area contributed by atoms with Crippen molar-refractivity contribution in [3.8, 4) is 5.75 Å². The number of nitrogens with one attached hydrogen (secondary N) is 1. The third kappa shape index (κ3) is 4.24. The molecule has 1 aromatic carbocycles. The SMILES string of the molecule is Cc1ccc(OCC(=O)NCC(O)C2CC2)c(C)c1. The number of carbonyl (C=O) groups excluding carboxylic acids is 1. The fraction of sp³-hybridized carbons (Fsp3) is 0.533. The molecule has 1 aliphatic rings. The highest BCUT2D eigenvalue weighted by Crippen LogP contribution is 2.32. The number of hydrogen-bond acceptors (Lipinski definition) is 3. The van der Waals surface area contributed by atoms with Gasteiger partial charge in [-0.1, -0.05) is 17.7 Å². The van der Waals surface area contributed by atoms with Crippen LogP contribution in [0.1, 0.15) is 24.0 Å². The van der Waals surface area contributed by atoms with Crippen LogP contribution in [0.3, 0.4) is 0 Å². The van der Waals surface area contributed by atoms with Gasteiger partial charge >= 0.3 is 0 Å². The minimum Gasteiger partial charge on any atom is -0.484 e. The predicted octanol–water partition coefficient (Wildman–Crippen LogP) is 1.57. The van der Waals surface area contributed by atoms with Crippen molar-refractivity contribution in [3.63, 3.8) is 0 Å². The molecular formula is C15H21NO3. The van der Waals surface area contributed by atoms with Crippen LogP contribution < -0.4 is 10.1 Å². The van der Waals surface area contributed by atoms with E-state index in [-0.39, 0.29) is 12.5 Å². The molecular weight excluding hydrogens is 242 g/mol. The van der Waals surface area contributed by atoms with Crippen LogP contribution in [0.2, 0.25) is 0 Å². The van der Waals surface area contributed by atoms with Crippen LogP contribution in [0.5, 0.6) is 5.75 Å². The van der Waals surface area contributed by atoms with Gasteiger partial charge in [-0.2, -0.15) is 0 Å². The van der Waals surface area contributed by atoms with E-state index in [0.29, 0.717) is 12.5 Å². The molecule has 19 heavy (non-hydrogen) atoms. The molecule has 1 atom stereocenters. The molecule has 0 heterocycles. The number of benzene rings is 1. The van der Waals surface area contributed by atoms with E-state index in [1.807, 2.05) is 32.0 Å². The number of amides is 1. The van der Waals surface area contributed by atoms with E-state index in [0.717, 1.165) is 24.2 Å². The van der Waals surface area contributed by atoms with Crippen molar-refractivity contribution in [2.75, 3.05) is 13.2 Å². The Morgan fingerprint density at radius 1 is 1.47 bits per heavy atom. The smallest absolute Gasteiger partial charge is 0.258 e. The Morgan fingerprint density at radius 2 is 2.21 bits per heavy atom. The Hall–Kier alpha value is -1.55. The van der Waals surface area contributed by atoms with Gasteiger partial charge in [0.1, 0.15) is 5.75 Å². The average Bonchev–Trinajstić information content (AvgIpc) is 3.19. The predicted molar refractivity (Wildman–Crippen MR) is 73.2 cm³/mol. The largest absolute Gasteiger partial charge is 0.484 e. The molecule has 0 bridgehead atoms. The van der Waals surface area contributed by atoms with Crippen molar-refractivity contribution < 1.29 is 14.6 Å². The first-order chi connectivity index (χ1) is 9.06. The zero-order valence-electron chi connectivity index (χ0n) is 11.5. The van der Waals surface area contributed by atoms with Crippen molar-refractivity contribution in [1.29, 1.82) is 0 Å². The van der Waals surface area contributed by atoms with Gasteiger partial charge in [-0.05, 0) is 44.2 Å². The molecule has 1 aliphatic carbocycles. The van der Waals surface area contributed by atoms with E-state index >= 15 is 0 Å². The zero-order valence-corrected chi connectivity index (χ0v) is 11.5. The highest BCUT2D eigenvalue weighted by atomic mass is 16.5. The molecule has 0 spiro atoms. The van der Waals surface area contributed by atoms with Gasteiger partial charge in [0.15, 0.2) is 6.61 Å². The van der Waals surface area contributed by atoms with E-state index in [2.05, 4.69) is 5.32 Å². The Bertz CT molecular complexity index is 455. The number of aliphatic hydroxyl groups excluding tert-OH is 1. The molecule has 0 aliphatic heterocycles. The molecule has 0 saturated heterocycles. The summed E-state index contributed by atoms with van der Waals surface area (Å²) >= 11 is 0. The van der Waals surface area contributed by atoms with Crippen molar-refractivity contribution in [3.05, 3.63) is 29.3 Å². The standard InChI is InChI=1S/C15H21NO3/c1-10-3-6-14(11(2)7-10)19-9-15(18)16-8-13(17)12-4-5-12/h3,6-7,12-13,17H,4-5,8-9H2,1-2H3,(H,16,18). The summed E-state index contributed by atoms with van der Waals surface area (Å²) in [5, 5.41) is 12.3. The lowest BCUT2D eigenvalue weighted by atomic mass is 10.1. The fourth-order valence-electron chi connectivity index (χ4n) is 2.02. The molecule has 0 radical (unpaired) electrons. The van der Waals surface area contributed by atoms with Crippen LogP contribution in [0, 0.1) is 19.8 Å². The first-order valence-corrected chi connectivity index (χ1v) is 6.71. The minimum absolute atomic E-state index is 0.0126. The minimum atomic E-state index is -0.412. The van der Waals surface area contributed by atoms with Gasteiger partial charge < -0.3 is 15.2 Å². The average molecular weight is 263 g/mol. The number of aliphatic hydroxyl groups is 1. The summed E-state index contributed by atoms with van der Waals surface area (Å²) in [6.45, 7) is 4.28. The summed E-state index contributed by atoms with van der Waals surface area (Å²) in [6, 6.07) is 5.85. The second-order valence-electron chi connectivity index (χ2n) is 5.27. The highest BCUT2D eigenvalue weighted by molar-refractivity contribution is 5.77. The summed E-state index contributed by atoms with van der Waals surface area (Å²) in [4.78, 5) is 11.6. The topological polar surface area (TPSA) is 58.6 Å². The molecule has 0 aromatic heterocycles. The van der Waals surface area contributed by atoms with Crippen molar-refractivity contribution in [2.24, 2.45) is 5.92 Å². The first kappa shape index (κ1) is 13.9. The summed E-state index contributed by atoms with van der Waals surface area (Å²) in [5.74, 6) is 0.906. The third-order valence-electron chi connectivity index (χ3n) is 3.36. The van der Waals surface area contributed by atoms with E-state index in [1.165, 1.54) is 5.56 Å². The van der Waals surface area contributed by atoms with E-state index < -0.39 is 6.10 Å². The molecule has 2 rings (SSSR count). The molecule has 1 unspecified atom stereocenters. The summed E-state index contributed by atoms with van der Waals surface area (Å²) in [5.41, 5.74) is 2.19. The maximum Gasteiger partial charge on any atom is 0.258 e. The van der Waals surface area contributed by atoms with Crippen LogP contribution in [0.25, 0.3) is 0 Å². The number of rotatable bonds is 6. The Labute approximate surface area is 113 Å². The monoisotopic (exact) mass is 263 g/mol. The molecule has 2 N–H and O–H groups in total. The van der Waals surface area contributed by atoms with Gasteiger partial charge in [-0.25, -0.2) is 0 Å². The van der Waals surface area contributed by atoms with Gasteiger partial charge in [0, 0.05) is 6.54 Å². The number of ether oxygens (including phenoxy) is 1. The first-order valence-electron chi connectivity index (χ1n) is 6.71. The normalized spacial score (nSPS) is 15.9. The van der Waals surface area contributed by atoms with Gasteiger partial charge in [-0.15, -0.1) is 0 Å². The maximum absolute atomic E-state index is 11.6. The van der Waals surface area contributed by atoms with Gasteiger partial charge in [0.2, 0.25) is 0 Å². The van der Waals surface area contributed by atoms with E-state index in [1.54, 1.807) is 0 Å². The summed E-state index contributed by atoms with van der Waals surface area (Å²) in [7, 11) is 0. The molecule has 4 nitrogen and oxygen atoms in total. The second kappa shape index (κ2) is 6.06. The highest BCUT2D eigenvalue weighted by Gasteiger charge is 2.29. The van der Waals surface area contributed by atoms with Crippen molar-refractivity contribution in [2.45, 2.75) is 32.8 Å². The lowest BCUT2D eigenvalue weighted by molar-refractivity contribution is -0.123. The van der Waals surface area contributed by atoms with Gasteiger partial charge in [0.05, 0.1) is 6.10 Å². The number of carbonyl (C=O) groups is 1. The Morgan fingerprint density at radius 3 is 2.84 bits per heavy atom. The third-order valence-corrected chi connectivity index (χ3v) is 3.36. The molecule has 1 saturated carbocycles. The van der Waals surface area contributed by atoms with E-state index in [4.69, 9.17) is 4.74 Å². The van der Waals surface area contributed by atoms with Crippen LogP contribution in [-0.4, -0.2) is 30.3 Å². The van der Waals surface area contributed by atoms with Crippen molar-refractivity contribution in [1.82, 2.24) is 5.32 Å². The molecule has 1 aromatic rings. The second-order valence-corrected chi connectivity index (χ2v) is 5.27. The Balaban J connectivity index is 1.73. The molecule has 1 fully saturated rings. The summed E-state index contributed by atoms with van der Waals surface area (Å²) in [6.07, 6.45) is 1.72. The lowest BCUT2D eigenvalue weighted by Gasteiger charge is -2.12. The molecule has 4 heteroatoms. The van der Waals surface area contributed by atoms with Crippen LogP contribution in [0.15, 0.2) is 18.2 Å². The van der Waals surface area contributed by atoms with E-state index in [9.17, 15) is 9.90 Å². The van der Waals surface area contributed by atoms with Crippen LogP contribution >= 0.6 is 0 Å². The quantitative estimate of drug-likeness (QED) is 0.819. The number of aryl methyl sites for hydroxylation is 2. The number of hydrogen-bond donors (Lipinski definition) is 2. The molecule has 104 valence electrons. The Kier molecular flexibility index (Phi) is 4.43. The zero-order chi connectivity index (χ0) is 13.8. The van der Waals surface area contributed by atoms with Gasteiger partial charge in [-0.3, -0.25) is 4.79 Å². The maximum atomic E-state index is 11.6. The van der Waals surface area contributed by atoms with Gasteiger partial charge in [0.25, 0.3) is 5.91 Å². The summed E-state index contributed by atoms with van der Waals surface area (Å²) < 4.78 is 5.47. The van der Waals surface area contributed by atoms with Crippen molar-refractivity contribution >= 4 is 5.91 Å². The van der Waals surface area contributed by atoms with Crippen LogP contribution in [-0.2, 0) is 4.79 Å². The molecule has 1 amide bonds.